The minimum atomic E-state index is -0.0167. The lowest BCUT2D eigenvalue weighted by Crippen LogP contribution is -2.27. The fourth-order valence-electron chi connectivity index (χ4n) is 5.35. The topological polar surface area (TPSA) is 76.5 Å². The zero-order valence-electron chi connectivity index (χ0n) is 18.4. The van der Waals surface area contributed by atoms with Gasteiger partial charge in [-0.2, -0.15) is 5.10 Å². The van der Waals surface area contributed by atoms with Crippen molar-refractivity contribution in [3.05, 3.63) is 58.9 Å². The molecule has 2 aromatic heterocycles. The number of hydrogen-bond donors (Lipinski definition) is 1. The summed E-state index contributed by atoms with van der Waals surface area (Å²) in [4.78, 5) is 20.7. The van der Waals surface area contributed by atoms with Gasteiger partial charge in [-0.15, -0.1) is 0 Å². The molecule has 162 valence electrons. The van der Waals surface area contributed by atoms with Crippen molar-refractivity contribution in [1.29, 1.82) is 0 Å². The van der Waals surface area contributed by atoms with Gasteiger partial charge in [0.1, 0.15) is 5.82 Å². The maximum Gasteiger partial charge on any atom is 0.166 e. The van der Waals surface area contributed by atoms with Crippen molar-refractivity contribution in [2.45, 2.75) is 57.9 Å². The quantitative estimate of drug-likeness (QED) is 0.649. The average Bonchev–Trinajstić information content (AvgIpc) is 3.38. The van der Waals surface area contributed by atoms with Crippen LogP contribution >= 0.6 is 0 Å². The van der Waals surface area contributed by atoms with Gasteiger partial charge in [0.25, 0.3) is 0 Å². The fourth-order valence-corrected chi connectivity index (χ4v) is 5.35. The summed E-state index contributed by atoms with van der Waals surface area (Å²) in [5.74, 6) is 1.39. The van der Waals surface area contributed by atoms with Crippen LogP contribution in [0.2, 0.25) is 0 Å². The van der Waals surface area contributed by atoms with Crippen LogP contribution in [0, 0.1) is 19.8 Å². The van der Waals surface area contributed by atoms with Gasteiger partial charge in [0.15, 0.2) is 11.4 Å². The highest BCUT2D eigenvalue weighted by molar-refractivity contribution is 5.99. The van der Waals surface area contributed by atoms with Gasteiger partial charge < -0.3 is 10.6 Å². The van der Waals surface area contributed by atoms with E-state index in [4.69, 9.17) is 15.8 Å². The van der Waals surface area contributed by atoms with Crippen LogP contribution in [0.4, 0.5) is 5.82 Å². The molecule has 1 saturated heterocycles. The summed E-state index contributed by atoms with van der Waals surface area (Å²) in [5.41, 5.74) is 11.0. The molecule has 1 aliphatic heterocycles. The maximum atomic E-state index is 13.5. The molecule has 1 saturated carbocycles. The molecule has 1 aromatic carbocycles. The first-order valence-corrected chi connectivity index (χ1v) is 11.5. The normalized spacial score (nSPS) is 24.1. The third-order valence-electron chi connectivity index (χ3n) is 7.04. The highest BCUT2D eigenvalue weighted by Gasteiger charge is 2.35. The van der Waals surface area contributed by atoms with Crippen LogP contribution in [0.15, 0.2) is 36.5 Å². The van der Waals surface area contributed by atoms with Crippen LogP contribution in [-0.4, -0.2) is 39.5 Å². The standard InChI is InChI=1S/C25H31N5O/c1-16-7-3-4-8-19(16)24(31)21-10-6-5-9-20(21)22-13-23-27-25(17(2)14-30(23)28-22)29-12-11-18(26)15-29/h3-4,7-8,13-14,18,20-21H,5-6,9-12,15,26H2,1-2H3/t18-,20+,21?/m0/s1. The minimum Gasteiger partial charge on any atom is -0.355 e. The first-order valence-electron chi connectivity index (χ1n) is 11.5. The minimum absolute atomic E-state index is 0.0167. The Hall–Kier alpha value is -2.73. The molecule has 0 amide bonds. The zero-order valence-corrected chi connectivity index (χ0v) is 18.4. The fraction of sp³-hybridized carbons (Fsp3) is 0.480. The summed E-state index contributed by atoms with van der Waals surface area (Å²) in [6.07, 6.45) is 7.23. The molecule has 0 bridgehead atoms. The second-order valence-corrected chi connectivity index (χ2v) is 9.29. The average molecular weight is 418 g/mol. The number of ketones is 1. The molecule has 6 heteroatoms. The summed E-state index contributed by atoms with van der Waals surface area (Å²) in [6, 6.07) is 10.2. The molecule has 0 spiro atoms. The van der Waals surface area contributed by atoms with E-state index in [0.717, 1.165) is 79.0 Å². The monoisotopic (exact) mass is 417 g/mol. The summed E-state index contributed by atoms with van der Waals surface area (Å²) >= 11 is 0. The molecule has 3 heterocycles. The van der Waals surface area contributed by atoms with Gasteiger partial charge in [0.05, 0.1) is 5.69 Å². The van der Waals surface area contributed by atoms with E-state index < -0.39 is 0 Å². The van der Waals surface area contributed by atoms with Crippen LogP contribution in [-0.2, 0) is 0 Å². The number of aromatic nitrogens is 3. The number of nitrogens with zero attached hydrogens (tertiary/aromatic N) is 4. The van der Waals surface area contributed by atoms with Crippen molar-refractivity contribution < 1.29 is 4.79 Å². The number of rotatable bonds is 4. The predicted octanol–water partition coefficient (Wildman–Crippen LogP) is 4.04. The van der Waals surface area contributed by atoms with Gasteiger partial charge in [0.2, 0.25) is 0 Å². The number of anilines is 1. The van der Waals surface area contributed by atoms with E-state index in [9.17, 15) is 4.79 Å². The summed E-state index contributed by atoms with van der Waals surface area (Å²) in [6.45, 7) is 5.90. The van der Waals surface area contributed by atoms with Crippen LogP contribution in [0.3, 0.4) is 0 Å². The number of nitrogens with two attached hydrogens (primary N) is 1. The summed E-state index contributed by atoms with van der Waals surface area (Å²) in [5, 5.41) is 4.89. The van der Waals surface area contributed by atoms with Gasteiger partial charge in [-0.1, -0.05) is 37.1 Å². The third kappa shape index (κ3) is 3.74. The van der Waals surface area contributed by atoms with Crippen molar-refractivity contribution >= 4 is 17.2 Å². The van der Waals surface area contributed by atoms with E-state index in [-0.39, 0.29) is 23.7 Å². The maximum absolute atomic E-state index is 13.5. The number of Topliss-reactive ketones (excluding diaryl/α,β-unsaturated/α-hetero) is 1. The molecule has 3 atom stereocenters. The van der Waals surface area contributed by atoms with Crippen molar-refractivity contribution in [3.63, 3.8) is 0 Å². The Labute approximate surface area is 183 Å². The third-order valence-corrected chi connectivity index (χ3v) is 7.04. The van der Waals surface area contributed by atoms with Crippen LogP contribution in [0.25, 0.3) is 5.65 Å². The Bertz CT molecular complexity index is 1120. The summed E-state index contributed by atoms with van der Waals surface area (Å²) in [7, 11) is 0. The smallest absolute Gasteiger partial charge is 0.166 e. The first kappa shape index (κ1) is 20.2. The lowest BCUT2D eigenvalue weighted by atomic mass is 9.73. The molecule has 2 fully saturated rings. The predicted molar refractivity (Wildman–Crippen MR) is 123 cm³/mol. The van der Waals surface area contributed by atoms with Crippen molar-refractivity contribution in [3.8, 4) is 0 Å². The Morgan fingerprint density at radius 2 is 1.90 bits per heavy atom. The Kier molecular flexibility index (Phi) is 5.26. The highest BCUT2D eigenvalue weighted by Crippen LogP contribution is 2.40. The van der Waals surface area contributed by atoms with E-state index in [1.807, 2.05) is 35.7 Å². The van der Waals surface area contributed by atoms with Gasteiger partial charge >= 0.3 is 0 Å². The zero-order chi connectivity index (χ0) is 21.5. The Morgan fingerprint density at radius 1 is 1.10 bits per heavy atom. The SMILES string of the molecule is Cc1ccccc1C(=O)C1CCCC[C@H]1c1cc2nc(N3CC[C@H](N)C3)c(C)cn2n1. The van der Waals surface area contributed by atoms with E-state index >= 15 is 0 Å². The van der Waals surface area contributed by atoms with Gasteiger partial charge in [-0.3, -0.25) is 4.79 Å². The first-order chi connectivity index (χ1) is 15.0. The molecular weight excluding hydrogens is 386 g/mol. The molecule has 2 aliphatic rings. The second-order valence-electron chi connectivity index (χ2n) is 9.29. The van der Waals surface area contributed by atoms with Crippen LogP contribution in [0.1, 0.15) is 65.2 Å². The molecule has 2 N–H and O–H groups in total. The largest absolute Gasteiger partial charge is 0.355 e. The van der Waals surface area contributed by atoms with E-state index in [0.29, 0.717) is 0 Å². The van der Waals surface area contributed by atoms with E-state index in [1.54, 1.807) is 0 Å². The van der Waals surface area contributed by atoms with Gasteiger partial charge in [-0.25, -0.2) is 9.50 Å². The number of carbonyl (C=O) groups excluding carboxylic acids is 1. The van der Waals surface area contributed by atoms with Crippen molar-refractivity contribution in [2.75, 3.05) is 18.0 Å². The number of fused-ring (bicyclic) bond motifs is 1. The molecule has 5 rings (SSSR count). The van der Waals surface area contributed by atoms with Gasteiger partial charge in [-0.05, 0) is 38.7 Å². The lowest BCUT2D eigenvalue weighted by Gasteiger charge is -2.29. The molecule has 3 aromatic rings. The molecular formula is C25H31N5O. The second kappa shape index (κ2) is 8.08. The van der Waals surface area contributed by atoms with E-state index in [2.05, 4.69) is 24.1 Å². The highest BCUT2D eigenvalue weighted by atomic mass is 16.1. The lowest BCUT2D eigenvalue weighted by molar-refractivity contribution is 0.0865. The summed E-state index contributed by atoms with van der Waals surface area (Å²) < 4.78 is 1.88. The van der Waals surface area contributed by atoms with Crippen molar-refractivity contribution in [2.24, 2.45) is 11.7 Å². The molecule has 1 aliphatic carbocycles. The molecule has 0 radical (unpaired) electrons. The van der Waals surface area contributed by atoms with Gasteiger partial charge in [0, 0.05) is 54.4 Å². The molecule has 31 heavy (non-hydrogen) atoms. The number of benzene rings is 1. The number of aryl methyl sites for hydroxylation is 2. The van der Waals surface area contributed by atoms with Crippen LogP contribution < -0.4 is 10.6 Å². The number of carbonyl (C=O) groups is 1. The van der Waals surface area contributed by atoms with Crippen LogP contribution in [0.5, 0.6) is 0 Å². The molecule has 1 unspecified atom stereocenters. The van der Waals surface area contributed by atoms with E-state index in [1.165, 1.54) is 0 Å². The Balaban J connectivity index is 1.48. The molecule has 6 nitrogen and oxygen atoms in total. The Morgan fingerprint density at radius 3 is 2.68 bits per heavy atom. The number of hydrogen-bond acceptors (Lipinski definition) is 5. The van der Waals surface area contributed by atoms with Crippen molar-refractivity contribution in [1.82, 2.24) is 14.6 Å².